The molecule has 2 N–H and O–H groups in total. The van der Waals surface area contributed by atoms with Crippen LogP contribution in [-0.4, -0.2) is 61.2 Å². The summed E-state index contributed by atoms with van der Waals surface area (Å²) < 4.78 is 31.3. The summed E-state index contributed by atoms with van der Waals surface area (Å²) in [4.78, 5) is 0. The first-order valence-corrected chi connectivity index (χ1v) is 5.86. The lowest BCUT2D eigenvalue weighted by Crippen LogP contribution is -2.29. The van der Waals surface area contributed by atoms with Crippen LogP contribution in [0.15, 0.2) is 0 Å². The molecular weight excluding hydrogens is 248 g/mol. The summed E-state index contributed by atoms with van der Waals surface area (Å²) in [5.41, 5.74) is 0. The van der Waals surface area contributed by atoms with Crippen molar-refractivity contribution in [2.75, 3.05) is 13.2 Å². The normalized spacial score (nSPS) is 44.7. The van der Waals surface area contributed by atoms with E-state index in [0.717, 1.165) is 0 Å². The van der Waals surface area contributed by atoms with E-state index in [1.165, 1.54) is 0 Å². The maximum atomic E-state index is 9.20. The maximum absolute atomic E-state index is 9.20. The third-order valence-electron chi connectivity index (χ3n) is 2.43. The molecule has 0 saturated carbocycles. The van der Waals surface area contributed by atoms with Gasteiger partial charge in [0, 0.05) is 13.2 Å². The van der Waals surface area contributed by atoms with Crippen LogP contribution in [-0.2, 0) is 28.4 Å². The summed E-state index contributed by atoms with van der Waals surface area (Å²) in [7, 11) is 0. The molecule has 0 aliphatic carbocycles. The Morgan fingerprint density at radius 3 is 1.56 bits per heavy atom. The Hall–Kier alpha value is -0.320. The quantitative estimate of drug-likeness (QED) is 0.660. The molecular formula is C10H18O8. The molecule has 0 spiro atoms. The maximum Gasteiger partial charge on any atom is 0.215 e. The Morgan fingerprint density at radius 2 is 1.17 bits per heavy atom. The van der Waals surface area contributed by atoms with E-state index < -0.39 is 37.7 Å². The molecule has 0 amide bonds. The van der Waals surface area contributed by atoms with Crippen LogP contribution in [0, 0.1) is 0 Å². The van der Waals surface area contributed by atoms with Crippen LogP contribution in [0.3, 0.4) is 0 Å². The second kappa shape index (κ2) is 6.22. The van der Waals surface area contributed by atoms with Crippen molar-refractivity contribution >= 4 is 0 Å². The van der Waals surface area contributed by atoms with Crippen LogP contribution in [0.25, 0.3) is 0 Å². The molecule has 2 rings (SSSR count). The van der Waals surface area contributed by atoms with Gasteiger partial charge in [-0.15, -0.1) is 0 Å². The third kappa shape index (κ3) is 2.98. The Morgan fingerprint density at radius 1 is 0.778 bits per heavy atom. The van der Waals surface area contributed by atoms with Crippen LogP contribution >= 0.6 is 0 Å². The molecule has 8 heteroatoms. The van der Waals surface area contributed by atoms with Gasteiger partial charge in [0.05, 0.1) is 0 Å². The number of hydrogen-bond acceptors (Lipinski definition) is 8. The minimum atomic E-state index is -1.42. The monoisotopic (exact) mass is 266 g/mol. The molecule has 18 heavy (non-hydrogen) atoms. The first kappa shape index (κ1) is 14.1. The molecule has 4 atom stereocenters. The van der Waals surface area contributed by atoms with Gasteiger partial charge in [-0.3, -0.25) is 0 Å². The lowest BCUT2D eigenvalue weighted by molar-refractivity contribution is -0.254. The average Bonchev–Trinajstić information content (AvgIpc) is 2.86. The van der Waals surface area contributed by atoms with Crippen molar-refractivity contribution in [2.24, 2.45) is 0 Å². The van der Waals surface area contributed by atoms with Crippen LogP contribution < -0.4 is 0 Å². The SMILES string of the molecule is CCOC1OC(C2OC(O)C(O)O2)OC1OCC. The summed E-state index contributed by atoms with van der Waals surface area (Å²) in [6.07, 6.45) is -6.17. The summed E-state index contributed by atoms with van der Waals surface area (Å²) in [5.74, 6) is 0. The van der Waals surface area contributed by atoms with Crippen molar-refractivity contribution in [2.45, 2.75) is 51.6 Å². The standard InChI is InChI=1S/C10H18O8/c1-3-13-7-8(14-4-2)18-10(17-7)9-15-5(11)6(12)16-9/h5-12H,3-4H2,1-2H3. The van der Waals surface area contributed by atoms with E-state index in [4.69, 9.17) is 28.4 Å². The van der Waals surface area contributed by atoms with Crippen molar-refractivity contribution in [1.29, 1.82) is 0 Å². The van der Waals surface area contributed by atoms with Gasteiger partial charge < -0.3 is 38.6 Å². The van der Waals surface area contributed by atoms with Gasteiger partial charge >= 0.3 is 0 Å². The van der Waals surface area contributed by atoms with Crippen LogP contribution in [0.1, 0.15) is 13.8 Å². The minimum Gasteiger partial charge on any atom is -0.364 e. The van der Waals surface area contributed by atoms with Crippen LogP contribution in [0.4, 0.5) is 0 Å². The van der Waals surface area contributed by atoms with Crippen molar-refractivity contribution < 1.29 is 38.6 Å². The van der Waals surface area contributed by atoms with Gasteiger partial charge in [0.1, 0.15) is 0 Å². The first-order chi connectivity index (χ1) is 8.65. The smallest absolute Gasteiger partial charge is 0.215 e. The van der Waals surface area contributed by atoms with E-state index in [-0.39, 0.29) is 0 Å². The molecule has 2 aliphatic heterocycles. The highest BCUT2D eigenvalue weighted by Crippen LogP contribution is 2.29. The minimum absolute atomic E-state index is 0.432. The molecule has 0 aromatic rings. The van der Waals surface area contributed by atoms with E-state index in [1.807, 2.05) is 13.8 Å². The first-order valence-electron chi connectivity index (χ1n) is 5.86. The highest BCUT2D eigenvalue weighted by molar-refractivity contribution is 4.70. The van der Waals surface area contributed by atoms with E-state index in [2.05, 4.69) is 0 Å². The number of aliphatic hydroxyl groups is 2. The van der Waals surface area contributed by atoms with Crippen molar-refractivity contribution in [3.05, 3.63) is 0 Å². The zero-order valence-corrected chi connectivity index (χ0v) is 10.2. The fourth-order valence-electron chi connectivity index (χ4n) is 1.69. The average molecular weight is 266 g/mol. The lowest BCUT2D eigenvalue weighted by Gasteiger charge is -2.15. The van der Waals surface area contributed by atoms with E-state index in [9.17, 15) is 10.2 Å². The molecule has 4 unspecified atom stereocenters. The molecule has 106 valence electrons. The fourth-order valence-corrected chi connectivity index (χ4v) is 1.69. The van der Waals surface area contributed by atoms with Gasteiger partial charge in [-0.25, -0.2) is 0 Å². The molecule has 2 heterocycles. The van der Waals surface area contributed by atoms with Crippen molar-refractivity contribution in [3.8, 4) is 0 Å². The largest absolute Gasteiger partial charge is 0.364 e. The molecule has 2 saturated heterocycles. The van der Waals surface area contributed by atoms with Gasteiger partial charge in [-0.2, -0.15) is 0 Å². The Bertz CT molecular complexity index is 238. The predicted molar refractivity (Wildman–Crippen MR) is 54.8 cm³/mol. The second-order valence-corrected chi connectivity index (χ2v) is 3.71. The van der Waals surface area contributed by atoms with Gasteiger partial charge in [0.2, 0.25) is 37.7 Å². The highest BCUT2D eigenvalue weighted by atomic mass is 16.9. The second-order valence-electron chi connectivity index (χ2n) is 3.71. The third-order valence-corrected chi connectivity index (χ3v) is 2.43. The number of hydrogen-bond donors (Lipinski definition) is 2. The lowest BCUT2D eigenvalue weighted by atomic mass is 10.6. The topological polar surface area (TPSA) is 95.8 Å². The van der Waals surface area contributed by atoms with Gasteiger partial charge in [0.25, 0.3) is 0 Å². The Balaban J connectivity index is 1.91. The highest BCUT2D eigenvalue weighted by Gasteiger charge is 2.47. The fraction of sp³-hybridized carbons (Fsp3) is 1.00. The molecule has 0 radical (unpaired) electrons. The van der Waals surface area contributed by atoms with Gasteiger partial charge in [0.15, 0.2) is 0 Å². The van der Waals surface area contributed by atoms with E-state index >= 15 is 0 Å². The van der Waals surface area contributed by atoms with Crippen LogP contribution in [0.2, 0.25) is 0 Å². The number of rotatable bonds is 5. The number of aliphatic hydroxyl groups excluding tert-OH is 2. The van der Waals surface area contributed by atoms with Crippen LogP contribution in [0.5, 0.6) is 0 Å². The zero-order valence-electron chi connectivity index (χ0n) is 10.2. The Labute approximate surface area is 104 Å². The molecule has 0 aromatic carbocycles. The molecule has 2 aliphatic rings. The Kier molecular flexibility index (Phi) is 4.87. The van der Waals surface area contributed by atoms with Crippen molar-refractivity contribution in [1.82, 2.24) is 0 Å². The molecule has 0 bridgehead atoms. The summed E-state index contributed by atoms with van der Waals surface area (Å²) in [6.45, 7) is 4.50. The predicted octanol–water partition coefficient (Wildman–Crippen LogP) is -0.906. The summed E-state index contributed by atoms with van der Waals surface area (Å²) in [6, 6.07) is 0. The summed E-state index contributed by atoms with van der Waals surface area (Å²) >= 11 is 0. The van der Waals surface area contributed by atoms with E-state index in [0.29, 0.717) is 13.2 Å². The summed E-state index contributed by atoms with van der Waals surface area (Å²) in [5, 5.41) is 18.4. The van der Waals surface area contributed by atoms with E-state index in [1.54, 1.807) is 0 Å². The zero-order chi connectivity index (χ0) is 13.1. The molecule has 8 nitrogen and oxygen atoms in total. The van der Waals surface area contributed by atoms with Gasteiger partial charge in [-0.05, 0) is 13.8 Å². The van der Waals surface area contributed by atoms with Gasteiger partial charge in [-0.1, -0.05) is 0 Å². The molecule has 2 fully saturated rings. The van der Waals surface area contributed by atoms with Crippen molar-refractivity contribution in [3.63, 3.8) is 0 Å². The molecule has 0 aromatic heterocycles. The number of ether oxygens (including phenoxy) is 6.